The Labute approximate surface area is 94.8 Å². The first-order valence-electron chi connectivity index (χ1n) is 5.05. The van der Waals surface area contributed by atoms with E-state index in [1.54, 1.807) is 6.92 Å². The molecule has 0 bridgehead atoms. The van der Waals surface area contributed by atoms with Gasteiger partial charge in [-0.3, -0.25) is 4.79 Å². The summed E-state index contributed by atoms with van der Waals surface area (Å²) in [6.07, 6.45) is 0. The maximum absolute atomic E-state index is 10.8. The number of hydrogen-bond donors (Lipinski definition) is 2. The van der Waals surface area contributed by atoms with Crippen molar-refractivity contribution in [1.82, 2.24) is 9.88 Å². The largest absolute Gasteiger partial charge is 0.368 e. The number of carbonyl (C=O) groups is 1. The van der Waals surface area contributed by atoms with E-state index < -0.39 is 0 Å². The molecule has 0 radical (unpaired) electrons. The van der Waals surface area contributed by atoms with Gasteiger partial charge in [0, 0.05) is 19.3 Å². The zero-order valence-electron chi connectivity index (χ0n) is 9.74. The highest BCUT2D eigenvalue weighted by molar-refractivity contribution is 5.79. The molecule has 0 saturated carbocycles. The van der Waals surface area contributed by atoms with Crippen molar-refractivity contribution in [1.29, 1.82) is 5.26 Å². The molecule has 0 spiro atoms. The van der Waals surface area contributed by atoms with Gasteiger partial charge < -0.3 is 15.6 Å². The molecule has 0 saturated heterocycles. The van der Waals surface area contributed by atoms with Gasteiger partial charge in [0.05, 0.1) is 6.04 Å². The van der Waals surface area contributed by atoms with Crippen LogP contribution in [0.3, 0.4) is 0 Å². The van der Waals surface area contributed by atoms with Crippen LogP contribution in [0.15, 0.2) is 6.07 Å². The summed E-state index contributed by atoms with van der Waals surface area (Å²) in [4.78, 5) is 10.8. The van der Waals surface area contributed by atoms with Crippen molar-refractivity contribution >= 4 is 5.91 Å². The Bertz CT molecular complexity index is 442. The molecule has 3 N–H and O–H groups in total. The quantitative estimate of drug-likeness (QED) is 0.758. The normalized spacial score (nSPS) is 12.1. The van der Waals surface area contributed by atoms with Crippen molar-refractivity contribution in [3.8, 4) is 6.07 Å². The fourth-order valence-electron chi connectivity index (χ4n) is 1.41. The molecular weight excluding hydrogens is 204 g/mol. The highest BCUT2D eigenvalue weighted by Crippen LogP contribution is 2.13. The summed E-state index contributed by atoms with van der Waals surface area (Å²) in [6, 6.07) is 3.56. The van der Waals surface area contributed by atoms with Gasteiger partial charge in [-0.05, 0) is 25.5 Å². The first kappa shape index (κ1) is 12.3. The predicted molar refractivity (Wildman–Crippen MR) is 60.4 cm³/mol. The highest BCUT2D eigenvalue weighted by Gasteiger charge is 2.11. The summed E-state index contributed by atoms with van der Waals surface area (Å²) in [5, 5.41) is 11.9. The smallest absolute Gasteiger partial charge is 0.234 e. The van der Waals surface area contributed by atoms with Crippen molar-refractivity contribution in [3.05, 3.63) is 23.0 Å². The predicted octanol–water partition coefficient (Wildman–Crippen LogP) is 0.169. The second kappa shape index (κ2) is 4.81. The van der Waals surface area contributed by atoms with E-state index in [2.05, 4.69) is 11.4 Å². The molecule has 0 aliphatic heterocycles. The average molecular weight is 220 g/mol. The van der Waals surface area contributed by atoms with Crippen LogP contribution in [-0.2, 0) is 18.4 Å². The van der Waals surface area contributed by atoms with Crippen LogP contribution in [0.2, 0.25) is 0 Å². The molecule has 1 atom stereocenters. The molecule has 0 fully saturated rings. The van der Waals surface area contributed by atoms with Crippen molar-refractivity contribution in [2.24, 2.45) is 12.8 Å². The molecule has 5 heteroatoms. The van der Waals surface area contributed by atoms with Crippen molar-refractivity contribution in [3.63, 3.8) is 0 Å². The summed E-state index contributed by atoms with van der Waals surface area (Å²) in [6.45, 7) is 4.18. The lowest BCUT2D eigenvalue weighted by Gasteiger charge is -2.09. The topological polar surface area (TPSA) is 83.8 Å². The van der Waals surface area contributed by atoms with E-state index in [9.17, 15) is 4.79 Å². The van der Waals surface area contributed by atoms with E-state index in [0.717, 1.165) is 11.3 Å². The summed E-state index contributed by atoms with van der Waals surface area (Å²) >= 11 is 0. The minimum Gasteiger partial charge on any atom is -0.368 e. The molecule has 0 aliphatic carbocycles. The molecular formula is C11H16N4O. The minimum absolute atomic E-state index is 0.370. The lowest BCUT2D eigenvalue weighted by molar-refractivity contribution is -0.119. The summed E-state index contributed by atoms with van der Waals surface area (Å²) in [5.74, 6) is -0.380. The molecule has 0 aromatic carbocycles. The Morgan fingerprint density at radius 2 is 2.38 bits per heavy atom. The zero-order valence-corrected chi connectivity index (χ0v) is 9.74. The third kappa shape index (κ3) is 2.41. The molecule has 1 aromatic heterocycles. The van der Waals surface area contributed by atoms with E-state index >= 15 is 0 Å². The number of nitrogens with one attached hydrogen (secondary N) is 1. The van der Waals surface area contributed by atoms with Crippen LogP contribution in [0.1, 0.15) is 23.9 Å². The van der Waals surface area contributed by atoms with E-state index in [0.29, 0.717) is 12.2 Å². The average Bonchev–Trinajstić information content (AvgIpc) is 2.52. The molecule has 16 heavy (non-hydrogen) atoms. The number of nitriles is 1. The zero-order chi connectivity index (χ0) is 12.3. The summed E-state index contributed by atoms with van der Waals surface area (Å²) in [5.41, 5.74) is 7.77. The molecule has 5 nitrogen and oxygen atoms in total. The van der Waals surface area contributed by atoms with Gasteiger partial charge in [0.2, 0.25) is 5.91 Å². The molecule has 1 amide bonds. The number of carbonyl (C=O) groups excluding carboxylic acids is 1. The van der Waals surface area contributed by atoms with Gasteiger partial charge in [0.15, 0.2) is 0 Å². The van der Waals surface area contributed by atoms with E-state index in [-0.39, 0.29) is 11.9 Å². The van der Waals surface area contributed by atoms with Crippen LogP contribution in [0.4, 0.5) is 0 Å². The Morgan fingerprint density at radius 3 is 2.81 bits per heavy atom. The van der Waals surface area contributed by atoms with Crippen molar-refractivity contribution in [2.75, 3.05) is 0 Å². The monoisotopic (exact) mass is 220 g/mol. The first-order valence-corrected chi connectivity index (χ1v) is 5.05. The molecule has 86 valence electrons. The number of hydrogen-bond acceptors (Lipinski definition) is 3. The Hall–Kier alpha value is -1.80. The van der Waals surface area contributed by atoms with Crippen molar-refractivity contribution in [2.45, 2.75) is 26.4 Å². The summed E-state index contributed by atoms with van der Waals surface area (Å²) < 4.78 is 1.83. The molecule has 0 unspecified atom stereocenters. The minimum atomic E-state index is -0.380. The van der Waals surface area contributed by atoms with Gasteiger partial charge in [-0.25, -0.2) is 0 Å². The number of primary amides is 1. The van der Waals surface area contributed by atoms with Gasteiger partial charge in [-0.2, -0.15) is 5.26 Å². The SMILES string of the molecule is Cc1c(CN[C@@H](C)C(N)=O)cc(C#N)n1C. The van der Waals surface area contributed by atoms with Crippen LogP contribution >= 0.6 is 0 Å². The second-order valence-corrected chi connectivity index (χ2v) is 3.82. The second-order valence-electron chi connectivity index (χ2n) is 3.82. The lowest BCUT2D eigenvalue weighted by atomic mass is 10.2. The van der Waals surface area contributed by atoms with Gasteiger partial charge in [0.1, 0.15) is 11.8 Å². The number of rotatable bonds is 4. The Balaban J connectivity index is 2.76. The van der Waals surface area contributed by atoms with E-state index in [1.807, 2.05) is 24.6 Å². The lowest BCUT2D eigenvalue weighted by Crippen LogP contribution is -2.38. The molecule has 1 rings (SSSR count). The van der Waals surface area contributed by atoms with Gasteiger partial charge in [0.25, 0.3) is 0 Å². The van der Waals surface area contributed by atoms with E-state index in [4.69, 9.17) is 11.0 Å². The number of amides is 1. The maximum Gasteiger partial charge on any atom is 0.234 e. The summed E-state index contributed by atoms with van der Waals surface area (Å²) in [7, 11) is 1.84. The van der Waals surface area contributed by atoms with Crippen LogP contribution in [0.25, 0.3) is 0 Å². The van der Waals surface area contributed by atoms with Crippen LogP contribution < -0.4 is 11.1 Å². The maximum atomic E-state index is 10.8. The molecule has 1 heterocycles. The fraction of sp³-hybridized carbons (Fsp3) is 0.455. The van der Waals surface area contributed by atoms with Gasteiger partial charge >= 0.3 is 0 Å². The Morgan fingerprint density at radius 1 is 1.75 bits per heavy atom. The van der Waals surface area contributed by atoms with Crippen LogP contribution in [0, 0.1) is 18.3 Å². The number of nitrogens with two attached hydrogens (primary N) is 1. The standard InChI is InChI=1S/C11H16N4O/c1-7(11(13)16)14-6-9-4-10(5-12)15(3)8(9)2/h4,7,14H,6H2,1-3H3,(H2,13,16)/t7-/m0/s1. The molecule has 0 aliphatic rings. The van der Waals surface area contributed by atoms with Crippen LogP contribution in [0.5, 0.6) is 0 Å². The number of aromatic nitrogens is 1. The van der Waals surface area contributed by atoms with Gasteiger partial charge in [-0.1, -0.05) is 0 Å². The third-order valence-electron chi connectivity index (χ3n) is 2.78. The molecule has 1 aromatic rings. The van der Waals surface area contributed by atoms with Gasteiger partial charge in [-0.15, -0.1) is 0 Å². The third-order valence-corrected chi connectivity index (χ3v) is 2.78. The van der Waals surface area contributed by atoms with Crippen molar-refractivity contribution < 1.29 is 4.79 Å². The van der Waals surface area contributed by atoms with Crippen LogP contribution in [-0.4, -0.2) is 16.5 Å². The number of nitrogens with zero attached hydrogens (tertiary/aromatic N) is 2. The Kier molecular flexibility index (Phi) is 3.69. The first-order chi connectivity index (χ1) is 7.47. The highest BCUT2D eigenvalue weighted by atomic mass is 16.1. The van der Waals surface area contributed by atoms with E-state index in [1.165, 1.54) is 0 Å². The fourth-order valence-corrected chi connectivity index (χ4v) is 1.41.